The summed E-state index contributed by atoms with van der Waals surface area (Å²) in [4.78, 5) is 0. The lowest BCUT2D eigenvalue weighted by Crippen LogP contribution is -2.21. The second-order valence-corrected chi connectivity index (χ2v) is 10.0. The van der Waals surface area contributed by atoms with E-state index in [1.54, 1.807) is 0 Å². The zero-order valence-corrected chi connectivity index (χ0v) is 22.7. The van der Waals surface area contributed by atoms with Gasteiger partial charge in [0, 0.05) is 6.42 Å². The topological polar surface area (TPSA) is 18.5 Å². The van der Waals surface area contributed by atoms with Gasteiger partial charge in [0.15, 0.2) is 6.29 Å². The van der Waals surface area contributed by atoms with Gasteiger partial charge >= 0.3 is 0 Å². The fourth-order valence-corrected chi connectivity index (χ4v) is 3.26. The zero-order valence-electron chi connectivity index (χ0n) is 22.7. The lowest BCUT2D eigenvalue weighted by Gasteiger charge is -2.21. The van der Waals surface area contributed by atoms with Crippen LogP contribution in [0.4, 0.5) is 0 Å². The highest BCUT2D eigenvalue weighted by Crippen LogP contribution is 2.18. The summed E-state index contributed by atoms with van der Waals surface area (Å²) in [5.74, 6) is 0.570. The molecule has 0 radical (unpaired) electrons. The van der Waals surface area contributed by atoms with Crippen molar-refractivity contribution in [3.63, 3.8) is 0 Å². The van der Waals surface area contributed by atoms with Gasteiger partial charge in [-0.1, -0.05) is 65.2 Å². The van der Waals surface area contributed by atoms with Crippen LogP contribution in [0.15, 0.2) is 58.2 Å². The Labute approximate surface area is 200 Å². The van der Waals surface area contributed by atoms with Crippen LogP contribution in [0.5, 0.6) is 0 Å². The Hall–Kier alpha value is -1.38. The van der Waals surface area contributed by atoms with Crippen LogP contribution in [0.2, 0.25) is 0 Å². The molecular weight excluding hydrogens is 392 g/mol. The lowest BCUT2D eigenvalue weighted by atomic mass is 10.0. The van der Waals surface area contributed by atoms with Crippen LogP contribution in [0.25, 0.3) is 0 Å². The molecule has 0 saturated carbocycles. The molecule has 32 heavy (non-hydrogen) atoms. The Kier molecular flexibility index (Phi) is 18.3. The van der Waals surface area contributed by atoms with Crippen LogP contribution in [0.3, 0.4) is 0 Å². The Morgan fingerprint density at radius 2 is 1.00 bits per heavy atom. The smallest absolute Gasteiger partial charge is 0.158 e. The van der Waals surface area contributed by atoms with Crippen molar-refractivity contribution in [3.05, 3.63) is 58.2 Å². The summed E-state index contributed by atoms with van der Waals surface area (Å²) in [6, 6.07) is 0. The standard InChI is InChI=1S/C30H52O2/c1-24(2)13-10-16-27(7)19-21-31-30(23-29(9)18-12-15-26(5)6)32-22-20-28(8)17-11-14-25(3)4/h13-15,19-20,29-30H,10-12,16-18,21-23H2,1-9H3/b27-19-,28-20-/t29-/m0/s1. The van der Waals surface area contributed by atoms with Crippen LogP contribution < -0.4 is 0 Å². The number of rotatable bonds is 17. The lowest BCUT2D eigenvalue weighted by molar-refractivity contribution is -0.137. The second kappa shape index (κ2) is 19.1. The monoisotopic (exact) mass is 444 g/mol. The Morgan fingerprint density at radius 1 is 0.594 bits per heavy atom. The van der Waals surface area contributed by atoms with Gasteiger partial charge in [0.1, 0.15) is 0 Å². The van der Waals surface area contributed by atoms with Crippen LogP contribution in [-0.2, 0) is 9.47 Å². The highest BCUT2D eigenvalue weighted by atomic mass is 16.7. The van der Waals surface area contributed by atoms with Gasteiger partial charge in [0.05, 0.1) is 13.2 Å². The van der Waals surface area contributed by atoms with Crippen molar-refractivity contribution in [3.8, 4) is 0 Å². The molecule has 0 heterocycles. The second-order valence-electron chi connectivity index (χ2n) is 10.0. The van der Waals surface area contributed by atoms with E-state index in [2.05, 4.69) is 92.7 Å². The number of allylic oxidation sites excluding steroid dienone is 8. The Morgan fingerprint density at radius 3 is 1.41 bits per heavy atom. The van der Waals surface area contributed by atoms with E-state index < -0.39 is 0 Å². The molecule has 0 fully saturated rings. The van der Waals surface area contributed by atoms with Crippen molar-refractivity contribution < 1.29 is 9.47 Å². The molecule has 0 aliphatic carbocycles. The molecule has 0 aromatic carbocycles. The fraction of sp³-hybridized carbons (Fsp3) is 0.667. The van der Waals surface area contributed by atoms with Gasteiger partial charge in [-0.05, 0) is 99.8 Å². The minimum Gasteiger partial charge on any atom is -0.349 e. The van der Waals surface area contributed by atoms with E-state index in [-0.39, 0.29) is 6.29 Å². The van der Waals surface area contributed by atoms with E-state index in [9.17, 15) is 0 Å². The highest BCUT2D eigenvalue weighted by Gasteiger charge is 2.13. The van der Waals surface area contributed by atoms with Crippen LogP contribution in [-0.4, -0.2) is 19.5 Å². The van der Waals surface area contributed by atoms with Crippen molar-refractivity contribution in [2.45, 2.75) is 114 Å². The van der Waals surface area contributed by atoms with Crippen LogP contribution in [0.1, 0.15) is 107 Å². The van der Waals surface area contributed by atoms with Gasteiger partial charge in [0.25, 0.3) is 0 Å². The van der Waals surface area contributed by atoms with Crippen molar-refractivity contribution >= 4 is 0 Å². The molecule has 0 bridgehead atoms. The fourth-order valence-electron chi connectivity index (χ4n) is 3.26. The SMILES string of the molecule is CC(C)=CCC/C(C)=C\COC(C[C@@H](C)CCC=C(C)C)OC/C=C(/C)CCC=C(C)C. The van der Waals surface area contributed by atoms with E-state index in [1.165, 1.54) is 34.3 Å². The third kappa shape index (κ3) is 20.5. The molecule has 0 aliphatic heterocycles. The molecular formula is C30H52O2. The first kappa shape index (κ1) is 30.6. The van der Waals surface area contributed by atoms with Crippen molar-refractivity contribution in [2.24, 2.45) is 5.92 Å². The zero-order chi connectivity index (χ0) is 24.4. The molecule has 0 rings (SSSR count). The average molecular weight is 445 g/mol. The van der Waals surface area contributed by atoms with Crippen LogP contribution >= 0.6 is 0 Å². The summed E-state index contributed by atoms with van der Waals surface area (Å²) in [5, 5.41) is 0. The first-order chi connectivity index (χ1) is 15.1. The molecule has 0 unspecified atom stereocenters. The van der Waals surface area contributed by atoms with Crippen LogP contribution in [0, 0.1) is 5.92 Å². The molecule has 2 heteroatoms. The summed E-state index contributed by atoms with van der Waals surface area (Å²) in [7, 11) is 0. The van der Waals surface area contributed by atoms with E-state index in [0.29, 0.717) is 19.1 Å². The normalized spacial score (nSPS) is 14.0. The predicted molar refractivity (Wildman–Crippen MR) is 143 cm³/mol. The molecule has 184 valence electrons. The van der Waals surface area contributed by atoms with Gasteiger partial charge in [-0.3, -0.25) is 0 Å². The number of ether oxygens (including phenoxy) is 2. The van der Waals surface area contributed by atoms with Gasteiger partial charge in [-0.15, -0.1) is 0 Å². The minimum atomic E-state index is -0.152. The predicted octanol–water partition coefficient (Wildman–Crippen LogP) is 9.50. The van der Waals surface area contributed by atoms with E-state index >= 15 is 0 Å². The van der Waals surface area contributed by atoms with Crippen molar-refractivity contribution in [2.75, 3.05) is 13.2 Å². The summed E-state index contributed by atoms with van der Waals surface area (Å²) in [6.45, 7) is 20.9. The molecule has 0 aromatic heterocycles. The third-order valence-corrected chi connectivity index (χ3v) is 5.42. The van der Waals surface area contributed by atoms with E-state index in [1.807, 2.05) is 0 Å². The highest BCUT2D eigenvalue weighted by molar-refractivity contribution is 5.03. The average Bonchev–Trinajstić information content (AvgIpc) is 2.66. The molecule has 0 aliphatic rings. The first-order valence-electron chi connectivity index (χ1n) is 12.5. The number of hydrogen-bond donors (Lipinski definition) is 0. The van der Waals surface area contributed by atoms with Gasteiger partial charge < -0.3 is 9.47 Å². The van der Waals surface area contributed by atoms with Gasteiger partial charge in [0.2, 0.25) is 0 Å². The van der Waals surface area contributed by atoms with Crippen molar-refractivity contribution in [1.29, 1.82) is 0 Å². The molecule has 0 spiro atoms. The Balaban J connectivity index is 4.72. The first-order valence-corrected chi connectivity index (χ1v) is 12.5. The largest absolute Gasteiger partial charge is 0.349 e. The molecule has 0 aromatic rings. The van der Waals surface area contributed by atoms with Gasteiger partial charge in [-0.25, -0.2) is 0 Å². The van der Waals surface area contributed by atoms with E-state index in [4.69, 9.17) is 9.47 Å². The molecule has 0 N–H and O–H groups in total. The third-order valence-electron chi connectivity index (χ3n) is 5.42. The summed E-state index contributed by atoms with van der Waals surface area (Å²) in [6.07, 6.45) is 18.8. The molecule has 2 nitrogen and oxygen atoms in total. The van der Waals surface area contributed by atoms with Gasteiger partial charge in [-0.2, -0.15) is 0 Å². The maximum absolute atomic E-state index is 6.16. The summed E-state index contributed by atoms with van der Waals surface area (Å²) in [5.41, 5.74) is 6.92. The summed E-state index contributed by atoms with van der Waals surface area (Å²) >= 11 is 0. The van der Waals surface area contributed by atoms with Crippen molar-refractivity contribution in [1.82, 2.24) is 0 Å². The molecule has 0 amide bonds. The van der Waals surface area contributed by atoms with E-state index in [0.717, 1.165) is 38.5 Å². The number of hydrogen-bond acceptors (Lipinski definition) is 2. The molecule has 0 saturated heterocycles. The maximum atomic E-state index is 6.16. The molecule has 1 atom stereocenters. The maximum Gasteiger partial charge on any atom is 0.158 e. The Bertz CT molecular complexity index is 592. The summed E-state index contributed by atoms with van der Waals surface area (Å²) < 4.78 is 12.3. The quantitative estimate of drug-likeness (QED) is 0.164. The minimum absolute atomic E-state index is 0.152.